The number of nitrogens with zero attached hydrogens (tertiary/aromatic N) is 2. The molecular formula is C22H25N3O5S. The maximum atomic E-state index is 12.7. The molecule has 2 aromatic carbocycles. The molecule has 1 heterocycles. The summed E-state index contributed by atoms with van der Waals surface area (Å²) in [5.41, 5.74) is 0.880. The first-order valence-electron chi connectivity index (χ1n) is 10.0. The van der Waals surface area contributed by atoms with Gasteiger partial charge in [-0.05, 0) is 56.2 Å². The second-order valence-electron chi connectivity index (χ2n) is 7.22. The van der Waals surface area contributed by atoms with Gasteiger partial charge in [0.05, 0.1) is 23.6 Å². The molecule has 0 spiro atoms. The summed E-state index contributed by atoms with van der Waals surface area (Å²) in [6.07, 6.45) is 1.94. The van der Waals surface area contributed by atoms with Crippen molar-refractivity contribution >= 4 is 21.6 Å². The standard InChI is InChI=1S/C22H25N3O5S/c1-16(30-20-11-6-17(15-23)14-21(20)29-2)22(26)24-18-7-9-19(10-8-18)31(27,28)25-12-4-3-5-13-25/h6-11,14,16H,3-5,12-13H2,1-2H3,(H,24,26)/t16-/m0/s1. The number of hydrogen-bond acceptors (Lipinski definition) is 6. The number of nitrogens with one attached hydrogen (secondary N) is 1. The van der Waals surface area contributed by atoms with Gasteiger partial charge < -0.3 is 14.8 Å². The van der Waals surface area contributed by atoms with Crippen LogP contribution in [0.15, 0.2) is 47.4 Å². The molecule has 3 rings (SSSR count). The zero-order valence-electron chi connectivity index (χ0n) is 17.5. The third-order valence-electron chi connectivity index (χ3n) is 5.04. The lowest BCUT2D eigenvalue weighted by Crippen LogP contribution is -2.35. The first-order valence-corrected chi connectivity index (χ1v) is 11.4. The summed E-state index contributed by atoms with van der Waals surface area (Å²) in [4.78, 5) is 12.7. The van der Waals surface area contributed by atoms with E-state index in [9.17, 15) is 13.2 Å². The van der Waals surface area contributed by atoms with Crippen LogP contribution in [0.2, 0.25) is 0 Å². The number of sulfonamides is 1. The molecule has 1 fully saturated rings. The lowest BCUT2D eigenvalue weighted by Gasteiger charge is -2.25. The van der Waals surface area contributed by atoms with Crippen LogP contribution in [0.5, 0.6) is 11.5 Å². The molecule has 0 unspecified atom stereocenters. The van der Waals surface area contributed by atoms with Gasteiger partial charge in [0, 0.05) is 24.8 Å². The Morgan fingerprint density at radius 1 is 1.10 bits per heavy atom. The normalized spacial score (nSPS) is 15.5. The van der Waals surface area contributed by atoms with E-state index in [1.54, 1.807) is 31.2 Å². The van der Waals surface area contributed by atoms with E-state index in [0.29, 0.717) is 35.8 Å². The lowest BCUT2D eigenvalue weighted by molar-refractivity contribution is -0.122. The predicted molar refractivity (Wildman–Crippen MR) is 115 cm³/mol. The Kier molecular flexibility index (Phi) is 7.15. The quantitative estimate of drug-likeness (QED) is 0.704. The van der Waals surface area contributed by atoms with Crippen LogP contribution in [0.4, 0.5) is 5.69 Å². The molecule has 1 aliphatic heterocycles. The van der Waals surface area contributed by atoms with Gasteiger partial charge in [-0.25, -0.2) is 8.42 Å². The summed E-state index contributed by atoms with van der Waals surface area (Å²) >= 11 is 0. The zero-order chi connectivity index (χ0) is 22.4. The number of amides is 1. The highest BCUT2D eigenvalue weighted by Crippen LogP contribution is 2.29. The Balaban J connectivity index is 1.65. The van der Waals surface area contributed by atoms with Gasteiger partial charge in [-0.2, -0.15) is 9.57 Å². The number of methoxy groups -OCH3 is 1. The van der Waals surface area contributed by atoms with Crippen molar-refractivity contribution in [2.24, 2.45) is 0 Å². The van der Waals surface area contributed by atoms with E-state index in [4.69, 9.17) is 14.7 Å². The first kappa shape index (κ1) is 22.6. The molecule has 2 aromatic rings. The number of benzene rings is 2. The monoisotopic (exact) mass is 443 g/mol. The number of anilines is 1. The van der Waals surface area contributed by atoms with Crippen molar-refractivity contribution < 1.29 is 22.7 Å². The smallest absolute Gasteiger partial charge is 0.265 e. The first-order chi connectivity index (χ1) is 14.8. The summed E-state index contributed by atoms with van der Waals surface area (Å²) in [6, 6.07) is 12.8. The number of rotatable bonds is 7. The highest BCUT2D eigenvalue weighted by atomic mass is 32.2. The predicted octanol–water partition coefficient (Wildman–Crippen LogP) is 3.15. The average Bonchev–Trinajstić information content (AvgIpc) is 2.80. The molecule has 0 aliphatic carbocycles. The van der Waals surface area contributed by atoms with Crippen molar-refractivity contribution in [3.8, 4) is 17.6 Å². The van der Waals surface area contributed by atoms with Crippen LogP contribution in [-0.4, -0.2) is 44.9 Å². The largest absolute Gasteiger partial charge is 0.493 e. The maximum absolute atomic E-state index is 12.7. The summed E-state index contributed by atoms with van der Waals surface area (Å²) in [5, 5.41) is 11.7. The summed E-state index contributed by atoms with van der Waals surface area (Å²) in [6.45, 7) is 2.66. The van der Waals surface area contributed by atoms with Crippen LogP contribution in [0.25, 0.3) is 0 Å². The molecule has 8 nitrogen and oxygen atoms in total. The molecule has 0 radical (unpaired) electrons. The summed E-state index contributed by atoms with van der Waals surface area (Å²) in [5.74, 6) is 0.288. The van der Waals surface area contributed by atoms with Crippen molar-refractivity contribution in [2.75, 3.05) is 25.5 Å². The molecule has 0 bridgehead atoms. The van der Waals surface area contributed by atoms with E-state index >= 15 is 0 Å². The zero-order valence-corrected chi connectivity index (χ0v) is 18.3. The third-order valence-corrected chi connectivity index (χ3v) is 6.95. The SMILES string of the molecule is COc1cc(C#N)ccc1O[C@@H](C)C(=O)Nc1ccc(S(=O)(=O)N2CCCCC2)cc1. The molecule has 164 valence electrons. The van der Waals surface area contributed by atoms with Gasteiger partial charge in [0.2, 0.25) is 10.0 Å². The van der Waals surface area contributed by atoms with E-state index in [0.717, 1.165) is 19.3 Å². The topological polar surface area (TPSA) is 109 Å². The number of ether oxygens (including phenoxy) is 2. The van der Waals surface area contributed by atoms with Crippen LogP contribution < -0.4 is 14.8 Å². The third kappa shape index (κ3) is 5.34. The van der Waals surface area contributed by atoms with Gasteiger partial charge in [-0.15, -0.1) is 0 Å². The van der Waals surface area contributed by atoms with Gasteiger partial charge >= 0.3 is 0 Å². The highest BCUT2D eigenvalue weighted by Gasteiger charge is 2.26. The molecule has 1 saturated heterocycles. The number of piperidine rings is 1. The van der Waals surface area contributed by atoms with Crippen molar-refractivity contribution in [1.82, 2.24) is 4.31 Å². The molecular weight excluding hydrogens is 418 g/mol. The van der Waals surface area contributed by atoms with Crippen molar-refractivity contribution in [3.05, 3.63) is 48.0 Å². The van der Waals surface area contributed by atoms with Crippen LogP contribution in [0.1, 0.15) is 31.7 Å². The minimum atomic E-state index is -3.52. The van der Waals surface area contributed by atoms with Crippen molar-refractivity contribution in [3.63, 3.8) is 0 Å². The molecule has 1 atom stereocenters. The van der Waals surface area contributed by atoms with Gasteiger partial charge in [-0.3, -0.25) is 4.79 Å². The number of carbonyl (C=O) groups excluding carboxylic acids is 1. The van der Waals surface area contributed by atoms with Crippen molar-refractivity contribution in [2.45, 2.75) is 37.2 Å². The second-order valence-corrected chi connectivity index (χ2v) is 9.15. The molecule has 1 aliphatic rings. The molecule has 0 saturated carbocycles. The molecule has 31 heavy (non-hydrogen) atoms. The number of hydrogen-bond donors (Lipinski definition) is 1. The van der Waals surface area contributed by atoms with E-state index in [1.165, 1.54) is 29.6 Å². The Hall–Kier alpha value is -3.09. The Morgan fingerprint density at radius 3 is 2.39 bits per heavy atom. The summed E-state index contributed by atoms with van der Waals surface area (Å²) < 4.78 is 37.8. The van der Waals surface area contributed by atoms with Crippen LogP contribution in [0.3, 0.4) is 0 Å². The van der Waals surface area contributed by atoms with E-state index in [-0.39, 0.29) is 4.90 Å². The number of carbonyl (C=O) groups is 1. The Morgan fingerprint density at radius 2 is 1.77 bits per heavy atom. The molecule has 1 N–H and O–H groups in total. The van der Waals surface area contributed by atoms with E-state index in [2.05, 4.69) is 5.32 Å². The molecule has 9 heteroatoms. The second kappa shape index (κ2) is 9.81. The minimum Gasteiger partial charge on any atom is -0.493 e. The fraction of sp³-hybridized carbons (Fsp3) is 0.364. The fourth-order valence-corrected chi connectivity index (χ4v) is 4.80. The van der Waals surface area contributed by atoms with Crippen LogP contribution in [-0.2, 0) is 14.8 Å². The number of nitriles is 1. The van der Waals surface area contributed by atoms with Gasteiger partial charge in [0.1, 0.15) is 0 Å². The van der Waals surface area contributed by atoms with E-state index < -0.39 is 22.0 Å². The average molecular weight is 444 g/mol. The van der Waals surface area contributed by atoms with E-state index in [1.807, 2.05) is 6.07 Å². The molecule has 0 aromatic heterocycles. The fourth-order valence-electron chi connectivity index (χ4n) is 3.29. The van der Waals surface area contributed by atoms with Gasteiger partial charge in [-0.1, -0.05) is 6.42 Å². The lowest BCUT2D eigenvalue weighted by atomic mass is 10.2. The minimum absolute atomic E-state index is 0.207. The summed E-state index contributed by atoms with van der Waals surface area (Å²) in [7, 11) is -2.07. The van der Waals surface area contributed by atoms with Gasteiger partial charge in [0.15, 0.2) is 17.6 Å². The maximum Gasteiger partial charge on any atom is 0.265 e. The van der Waals surface area contributed by atoms with Gasteiger partial charge in [0.25, 0.3) is 5.91 Å². The highest BCUT2D eigenvalue weighted by molar-refractivity contribution is 7.89. The van der Waals surface area contributed by atoms with Crippen molar-refractivity contribution in [1.29, 1.82) is 5.26 Å². The molecule has 1 amide bonds. The van der Waals surface area contributed by atoms with Crippen LogP contribution in [0, 0.1) is 11.3 Å². The Bertz CT molecular complexity index is 1070. The van der Waals surface area contributed by atoms with Crippen LogP contribution >= 0.6 is 0 Å². The Labute approximate surface area is 182 Å².